The van der Waals surface area contributed by atoms with Crippen LogP contribution in [0.25, 0.3) is 0 Å². The van der Waals surface area contributed by atoms with Gasteiger partial charge in [-0.05, 0) is 31.2 Å². The van der Waals surface area contributed by atoms with Crippen molar-refractivity contribution in [3.05, 3.63) is 29.3 Å². The average molecular weight is 280 g/mol. The molecule has 19 heavy (non-hydrogen) atoms. The van der Waals surface area contributed by atoms with E-state index < -0.39 is 10.0 Å². The highest BCUT2D eigenvalue weighted by atomic mass is 32.2. The molecule has 104 valence electrons. The number of benzene rings is 1. The van der Waals surface area contributed by atoms with Crippen molar-refractivity contribution in [2.24, 2.45) is 0 Å². The predicted octanol–water partition coefficient (Wildman–Crippen LogP) is 1.36. The van der Waals surface area contributed by atoms with Crippen molar-refractivity contribution in [1.29, 1.82) is 0 Å². The van der Waals surface area contributed by atoms with Gasteiger partial charge in [0.2, 0.25) is 10.0 Å². The van der Waals surface area contributed by atoms with Crippen LogP contribution < -0.4 is 5.32 Å². The molecule has 0 fully saturated rings. The molecule has 0 saturated heterocycles. The molecule has 0 radical (unpaired) electrons. The van der Waals surface area contributed by atoms with E-state index in [1.54, 1.807) is 19.9 Å². The molecule has 0 atom stereocenters. The molecule has 0 aliphatic carbocycles. The minimum Gasteiger partial charge on any atom is -0.316 e. The second kappa shape index (κ2) is 6.71. The highest BCUT2D eigenvalue weighted by Crippen LogP contribution is 2.21. The molecule has 0 amide bonds. The number of rotatable bonds is 6. The summed E-state index contributed by atoms with van der Waals surface area (Å²) < 4.78 is 26.4. The van der Waals surface area contributed by atoms with E-state index >= 15 is 0 Å². The summed E-state index contributed by atoms with van der Waals surface area (Å²) in [6.07, 6.45) is 5.23. The lowest BCUT2D eigenvalue weighted by Crippen LogP contribution is -2.31. The van der Waals surface area contributed by atoms with Gasteiger partial charge in [-0.2, -0.15) is 4.31 Å². The first-order valence-corrected chi connectivity index (χ1v) is 7.59. The van der Waals surface area contributed by atoms with Gasteiger partial charge in [-0.15, -0.1) is 6.42 Å². The lowest BCUT2D eigenvalue weighted by Gasteiger charge is -2.19. The fraction of sp³-hybridized carbons (Fsp3) is 0.429. The van der Waals surface area contributed by atoms with E-state index in [1.807, 2.05) is 19.2 Å². The van der Waals surface area contributed by atoms with E-state index in [0.717, 1.165) is 11.1 Å². The van der Waals surface area contributed by atoms with Crippen LogP contribution in [0.1, 0.15) is 18.1 Å². The van der Waals surface area contributed by atoms with Crippen LogP contribution in [-0.2, 0) is 16.6 Å². The lowest BCUT2D eigenvalue weighted by molar-refractivity contribution is 0.463. The van der Waals surface area contributed by atoms with Crippen molar-refractivity contribution in [1.82, 2.24) is 9.62 Å². The summed E-state index contributed by atoms with van der Waals surface area (Å²) in [5.41, 5.74) is 1.67. The van der Waals surface area contributed by atoms with E-state index in [1.165, 1.54) is 4.31 Å². The third-order valence-corrected chi connectivity index (χ3v) is 4.93. The molecule has 4 nitrogen and oxygen atoms in total. The Kier molecular flexibility index (Phi) is 5.55. The van der Waals surface area contributed by atoms with Crippen molar-refractivity contribution >= 4 is 10.0 Å². The van der Waals surface area contributed by atoms with E-state index in [-0.39, 0.29) is 6.54 Å². The molecule has 1 aromatic rings. The van der Waals surface area contributed by atoms with Gasteiger partial charge in [0.25, 0.3) is 0 Å². The predicted molar refractivity (Wildman–Crippen MR) is 77.2 cm³/mol. The van der Waals surface area contributed by atoms with Gasteiger partial charge in [0.1, 0.15) is 0 Å². The normalized spacial score (nSPS) is 11.5. The number of hydrogen-bond acceptors (Lipinski definition) is 3. The van der Waals surface area contributed by atoms with Crippen LogP contribution in [0.4, 0.5) is 0 Å². The molecule has 0 aromatic heterocycles. The van der Waals surface area contributed by atoms with E-state index in [4.69, 9.17) is 6.42 Å². The summed E-state index contributed by atoms with van der Waals surface area (Å²) in [5, 5.41) is 3.01. The maximum atomic E-state index is 12.5. The van der Waals surface area contributed by atoms with Crippen LogP contribution in [0.3, 0.4) is 0 Å². The summed E-state index contributed by atoms with van der Waals surface area (Å²) in [4.78, 5) is 0.331. The molecule has 1 rings (SSSR count). The second-order valence-electron chi connectivity index (χ2n) is 4.27. The fourth-order valence-electron chi connectivity index (χ4n) is 1.84. The fourth-order valence-corrected chi connectivity index (χ4v) is 3.48. The molecule has 0 aliphatic rings. The third kappa shape index (κ3) is 3.57. The smallest absolute Gasteiger partial charge is 0.244 e. The van der Waals surface area contributed by atoms with Gasteiger partial charge in [-0.25, -0.2) is 8.42 Å². The average Bonchev–Trinajstić information content (AvgIpc) is 2.38. The van der Waals surface area contributed by atoms with Gasteiger partial charge < -0.3 is 5.32 Å². The number of nitrogens with one attached hydrogen (secondary N) is 1. The first-order chi connectivity index (χ1) is 8.97. The van der Waals surface area contributed by atoms with Crippen molar-refractivity contribution in [2.75, 3.05) is 20.1 Å². The van der Waals surface area contributed by atoms with Crippen molar-refractivity contribution in [3.63, 3.8) is 0 Å². The Morgan fingerprint density at radius 2 is 2.11 bits per heavy atom. The van der Waals surface area contributed by atoms with Gasteiger partial charge in [0.05, 0.1) is 11.4 Å². The van der Waals surface area contributed by atoms with E-state index in [0.29, 0.717) is 18.0 Å². The van der Waals surface area contributed by atoms with Crippen LogP contribution in [0, 0.1) is 19.3 Å². The van der Waals surface area contributed by atoms with Crippen LogP contribution in [0.2, 0.25) is 0 Å². The van der Waals surface area contributed by atoms with Gasteiger partial charge in [-0.1, -0.05) is 25.0 Å². The highest BCUT2D eigenvalue weighted by molar-refractivity contribution is 7.89. The Bertz CT molecular complexity index is 574. The van der Waals surface area contributed by atoms with Crippen LogP contribution in [0.15, 0.2) is 23.1 Å². The minimum absolute atomic E-state index is 0.0918. The minimum atomic E-state index is -3.52. The summed E-state index contributed by atoms with van der Waals surface area (Å²) in [6, 6.07) is 5.45. The summed E-state index contributed by atoms with van der Waals surface area (Å²) >= 11 is 0. The zero-order valence-corrected chi connectivity index (χ0v) is 12.4. The van der Waals surface area contributed by atoms with Crippen LogP contribution in [0.5, 0.6) is 0 Å². The molecule has 0 saturated carbocycles. The highest BCUT2D eigenvalue weighted by Gasteiger charge is 2.24. The number of aryl methyl sites for hydroxylation is 1. The topological polar surface area (TPSA) is 49.4 Å². The molecule has 0 aliphatic heterocycles. The van der Waals surface area contributed by atoms with Crippen molar-refractivity contribution in [3.8, 4) is 12.3 Å². The monoisotopic (exact) mass is 280 g/mol. The van der Waals surface area contributed by atoms with Gasteiger partial charge in [0, 0.05) is 13.1 Å². The number of sulfonamides is 1. The quantitative estimate of drug-likeness (QED) is 0.800. The molecule has 0 bridgehead atoms. The van der Waals surface area contributed by atoms with Gasteiger partial charge in [-0.3, -0.25) is 0 Å². The summed E-state index contributed by atoms with van der Waals surface area (Å²) in [5.74, 6) is 2.39. The molecular formula is C14H20N2O2S. The largest absolute Gasteiger partial charge is 0.316 e. The summed E-state index contributed by atoms with van der Waals surface area (Å²) in [7, 11) is -1.70. The van der Waals surface area contributed by atoms with Gasteiger partial charge >= 0.3 is 0 Å². The lowest BCUT2D eigenvalue weighted by atomic mass is 10.1. The maximum Gasteiger partial charge on any atom is 0.244 e. The van der Waals surface area contributed by atoms with Crippen LogP contribution in [-0.4, -0.2) is 32.9 Å². The molecule has 5 heteroatoms. The second-order valence-corrected chi connectivity index (χ2v) is 6.17. The van der Waals surface area contributed by atoms with E-state index in [2.05, 4.69) is 11.2 Å². The van der Waals surface area contributed by atoms with E-state index in [9.17, 15) is 8.42 Å². The Morgan fingerprint density at radius 3 is 2.63 bits per heavy atom. The Hall–Kier alpha value is -1.35. The third-order valence-electron chi connectivity index (χ3n) is 2.87. The van der Waals surface area contributed by atoms with Gasteiger partial charge in [0.15, 0.2) is 0 Å². The number of nitrogens with zero attached hydrogens (tertiary/aromatic N) is 1. The first kappa shape index (κ1) is 15.7. The molecular weight excluding hydrogens is 260 g/mol. The molecule has 1 aromatic carbocycles. The summed E-state index contributed by atoms with van der Waals surface area (Å²) in [6.45, 7) is 4.66. The SMILES string of the molecule is C#CCN(CC)S(=O)(=O)c1cc(CNC)ccc1C. The first-order valence-electron chi connectivity index (χ1n) is 6.15. The van der Waals surface area contributed by atoms with Crippen LogP contribution >= 0.6 is 0 Å². The Balaban J connectivity index is 3.27. The molecule has 0 heterocycles. The zero-order valence-electron chi connectivity index (χ0n) is 11.6. The Morgan fingerprint density at radius 1 is 1.42 bits per heavy atom. The zero-order chi connectivity index (χ0) is 14.5. The number of hydrogen-bond donors (Lipinski definition) is 1. The van der Waals surface area contributed by atoms with Crippen molar-refractivity contribution in [2.45, 2.75) is 25.3 Å². The molecule has 0 spiro atoms. The maximum absolute atomic E-state index is 12.5. The standard InChI is InChI=1S/C14H20N2O2S/c1-5-9-16(6-2)19(17,18)14-10-13(11-15-4)8-7-12(14)3/h1,7-8,10,15H,6,9,11H2,2-4H3. The number of terminal acetylenes is 1. The van der Waals surface area contributed by atoms with Crippen molar-refractivity contribution < 1.29 is 8.42 Å². The molecule has 1 N–H and O–H groups in total. The molecule has 0 unspecified atom stereocenters. The Labute approximate surface area is 115 Å².